The molecule has 2 aliphatic rings. The fraction of sp³-hybridized carbons (Fsp3) is 0.227. The molecule has 1 amide bonds. The Balaban J connectivity index is 1.62. The zero-order valence-electron chi connectivity index (χ0n) is 14.9. The number of carbonyl (C=O) groups is 2. The molecule has 2 aromatic carbocycles. The molecule has 0 N–H and O–H groups in total. The van der Waals surface area contributed by atoms with Crippen LogP contribution in [-0.4, -0.2) is 29.2 Å². The molecular formula is C22H20N2O3. The van der Waals surface area contributed by atoms with Crippen LogP contribution in [0.1, 0.15) is 41.6 Å². The van der Waals surface area contributed by atoms with E-state index >= 15 is 0 Å². The molecule has 5 heteroatoms. The molecule has 0 spiro atoms. The van der Waals surface area contributed by atoms with Crippen LogP contribution in [0.25, 0.3) is 6.08 Å². The lowest BCUT2D eigenvalue weighted by molar-refractivity contribution is -0.114. The van der Waals surface area contributed by atoms with Gasteiger partial charge < -0.3 is 9.64 Å². The Labute approximate surface area is 158 Å². The Morgan fingerprint density at radius 2 is 1.78 bits per heavy atom. The lowest BCUT2D eigenvalue weighted by Gasteiger charge is -2.18. The van der Waals surface area contributed by atoms with Crippen molar-refractivity contribution in [2.75, 3.05) is 6.54 Å². The van der Waals surface area contributed by atoms with Gasteiger partial charge in [0.1, 0.15) is 17.3 Å². The third kappa shape index (κ3) is 3.67. The Kier molecular flexibility index (Phi) is 4.83. The molecule has 0 unspecified atom stereocenters. The van der Waals surface area contributed by atoms with Gasteiger partial charge >= 0.3 is 5.97 Å². The van der Waals surface area contributed by atoms with Crippen LogP contribution in [0.5, 0.6) is 5.75 Å². The van der Waals surface area contributed by atoms with Crippen LogP contribution in [-0.2, 0) is 4.79 Å². The van der Waals surface area contributed by atoms with E-state index in [-0.39, 0.29) is 5.91 Å². The molecule has 0 radical (unpaired) electrons. The van der Waals surface area contributed by atoms with E-state index in [1.54, 1.807) is 42.5 Å². The van der Waals surface area contributed by atoms with Crippen molar-refractivity contribution < 1.29 is 14.3 Å². The number of rotatable bonds is 3. The van der Waals surface area contributed by atoms with Gasteiger partial charge in [-0.25, -0.2) is 4.79 Å². The molecule has 1 saturated heterocycles. The maximum absolute atomic E-state index is 12.4. The van der Waals surface area contributed by atoms with Gasteiger partial charge in [-0.2, -0.15) is 4.99 Å². The van der Waals surface area contributed by atoms with Crippen molar-refractivity contribution in [3.63, 3.8) is 0 Å². The minimum absolute atomic E-state index is 0.226. The van der Waals surface area contributed by atoms with Crippen molar-refractivity contribution in [2.24, 2.45) is 4.99 Å². The van der Waals surface area contributed by atoms with E-state index in [0.29, 0.717) is 22.6 Å². The molecule has 2 heterocycles. The molecular weight excluding hydrogens is 340 g/mol. The highest BCUT2D eigenvalue weighted by Crippen LogP contribution is 2.28. The first-order valence-electron chi connectivity index (χ1n) is 9.20. The van der Waals surface area contributed by atoms with E-state index in [2.05, 4.69) is 4.99 Å². The maximum Gasteiger partial charge on any atom is 0.343 e. The number of amidine groups is 1. The Morgan fingerprint density at radius 3 is 2.63 bits per heavy atom. The average molecular weight is 360 g/mol. The molecule has 0 saturated carbocycles. The van der Waals surface area contributed by atoms with Crippen molar-refractivity contribution in [3.05, 3.63) is 71.4 Å². The van der Waals surface area contributed by atoms with E-state index < -0.39 is 5.97 Å². The molecule has 136 valence electrons. The highest BCUT2D eigenvalue weighted by atomic mass is 16.5. The third-order valence-electron chi connectivity index (χ3n) is 4.76. The van der Waals surface area contributed by atoms with E-state index in [4.69, 9.17) is 4.74 Å². The first-order chi connectivity index (χ1) is 13.2. The van der Waals surface area contributed by atoms with Gasteiger partial charge in [0.2, 0.25) is 0 Å². The van der Waals surface area contributed by atoms with Gasteiger partial charge in [0.25, 0.3) is 5.91 Å². The number of amides is 1. The zero-order chi connectivity index (χ0) is 18.6. The second-order valence-corrected chi connectivity index (χ2v) is 6.62. The van der Waals surface area contributed by atoms with Gasteiger partial charge in [0.05, 0.1) is 5.56 Å². The van der Waals surface area contributed by atoms with Crippen LogP contribution >= 0.6 is 0 Å². The number of aliphatic imine (C=N–C) groups is 1. The topological polar surface area (TPSA) is 59.0 Å². The summed E-state index contributed by atoms with van der Waals surface area (Å²) in [5.74, 6) is 0.624. The molecule has 0 aliphatic carbocycles. The van der Waals surface area contributed by atoms with E-state index in [9.17, 15) is 9.59 Å². The number of benzene rings is 2. The summed E-state index contributed by atoms with van der Waals surface area (Å²) in [4.78, 5) is 31.0. The monoisotopic (exact) mass is 360 g/mol. The summed E-state index contributed by atoms with van der Waals surface area (Å²) in [6.45, 7) is 0.794. The second kappa shape index (κ2) is 7.58. The number of carbonyl (C=O) groups excluding carboxylic acids is 2. The number of fused-ring (bicyclic) bond motifs is 1. The smallest absolute Gasteiger partial charge is 0.343 e. The molecule has 0 bridgehead atoms. The summed E-state index contributed by atoms with van der Waals surface area (Å²) >= 11 is 0. The minimum Gasteiger partial charge on any atom is -0.422 e. The molecule has 1 fully saturated rings. The predicted octanol–water partition coefficient (Wildman–Crippen LogP) is 4.06. The fourth-order valence-electron chi connectivity index (χ4n) is 3.37. The van der Waals surface area contributed by atoms with Gasteiger partial charge in [0, 0.05) is 18.5 Å². The van der Waals surface area contributed by atoms with Gasteiger partial charge in [-0.1, -0.05) is 42.8 Å². The Morgan fingerprint density at radius 1 is 1.00 bits per heavy atom. The first-order valence-corrected chi connectivity index (χ1v) is 9.20. The Bertz CT molecular complexity index is 932. The van der Waals surface area contributed by atoms with Gasteiger partial charge in [-0.3, -0.25) is 4.79 Å². The largest absolute Gasteiger partial charge is 0.422 e. The number of nitrogens with zero attached hydrogens (tertiary/aromatic N) is 2. The predicted molar refractivity (Wildman–Crippen MR) is 103 cm³/mol. The number of para-hydroxylation sites is 1. The normalized spacial score (nSPS) is 18.1. The summed E-state index contributed by atoms with van der Waals surface area (Å²) in [6.07, 6.45) is 5.84. The van der Waals surface area contributed by atoms with E-state index in [1.807, 2.05) is 23.1 Å². The summed E-state index contributed by atoms with van der Waals surface area (Å²) in [5.41, 5.74) is 1.72. The van der Waals surface area contributed by atoms with Crippen molar-refractivity contribution in [1.29, 1.82) is 0 Å². The lowest BCUT2D eigenvalue weighted by Crippen LogP contribution is -2.26. The molecule has 0 aromatic heterocycles. The number of ether oxygens (including phenoxy) is 1. The van der Waals surface area contributed by atoms with Gasteiger partial charge in [-0.05, 0) is 37.1 Å². The summed E-state index contributed by atoms with van der Waals surface area (Å²) in [7, 11) is 0. The maximum atomic E-state index is 12.4. The second-order valence-electron chi connectivity index (χ2n) is 6.62. The highest BCUT2D eigenvalue weighted by molar-refractivity contribution is 6.13. The zero-order valence-corrected chi connectivity index (χ0v) is 14.9. The SMILES string of the molecule is O=C1N=C2CCCCCN2C1=Cc1ccccc1OC(=O)c1ccccc1. The minimum atomic E-state index is -0.425. The summed E-state index contributed by atoms with van der Waals surface area (Å²) in [5, 5.41) is 0. The van der Waals surface area contributed by atoms with Crippen LogP contribution < -0.4 is 4.74 Å². The van der Waals surface area contributed by atoms with Crippen molar-refractivity contribution in [3.8, 4) is 5.75 Å². The molecule has 2 aliphatic heterocycles. The van der Waals surface area contributed by atoms with Crippen molar-refractivity contribution in [1.82, 2.24) is 4.90 Å². The molecule has 2 aromatic rings. The van der Waals surface area contributed by atoms with Crippen LogP contribution in [0, 0.1) is 0 Å². The standard InChI is InChI=1S/C22H20N2O3/c25-21-18(24-14-8-2-5-13-20(24)23-21)15-17-11-6-7-12-19(17)27-22(26)16-9-3-1-4-10-16/h1,3-4,6-7,9-12,15H,2,5,8,13-14H2. The quantitative estimate of drug-likeness (QED) is 0.470. The highest BCUT2D eigenvalue weighted by Gasteiger charge is 2.30. The molecule has 5 nitrogen and oxygen atoms in total. The van der Waals surface area contributed by atoms with Crippen LogP contribution in [0.2, 0.25) is 0 Å². The summed E-state index contributed by atoms with van der Waals surface area (Å²) in [6, 6.07) is 16.1. The van der Waals surface area contributed by atoms with E-state index in [0.717, 1.165) is 38.1 Å². The number of hydrogen-bond acceptors (Lipinski definition) is 4. The first kappa shape index (κ1) is 17.2. The molecule has 27 heavy (non-hydrogen) atoms. The summed E-state index contributed by atoms with van der Waals surface area (Å²) < 4.78 is 5.59. The van der Waals surface area contributed by atoms with Crippen LogP contribution in [0.15, 0.2) is 65.3 Å². The average Bonchev–Trinajstić information content (AvgIpc) is 2.85. The van der Waals surface area contributed by atoms with Gasteiger partial charge in [0.15, 0.2) is 0 Å². The van der Waals surface area contributed by atoms with Crippen molar-refractivity contribution >= 4 is 23.8 Å². The Hall–Kier alpha value is -3.21. The third-order valence-corrected chi connectivity index (χ3v) is 4.76. The molecule has 0 atom stereocenters. The van der Waals surface area contributed by atoms with E-state index in [1.165, 1.54) is 0 Å². The van der Waals surface area contributed by atoms with Crippen LogP contribution in [0.4, 0.5) is 0 Å². The number of esters is 1. The molecule has 4 rings (SSSR count). The van der Waals surface area contributed by atoms with Gasteiger partial charge in [-0.15, -0.1) is 0 Å². The lowest BCUT2D eigenvalue weighted by atomic mass is 10.1. The number of hydrogen-bond donors (Lipinski definition) is 0. The fourth-order valence-corrected chi connectivity index (χ4v) is 3.37. The van der Waals surface area contributed by atoms with Crippen LogP contribution in [0.3, 0.4) is 0 Å². The van der Waals surface area contributed by atoms with Crippen molar-refractivity contribution in [2.45, 2.75) is 25.7 Å².